The highest BCUT2D eigenvalue weighted by Gasteiger charge is 2.28. The first-order valence-corrected chi connectivity index (χ1v) is 4.15. The Morgan fingerprint density at radius 2 is 1.08 bits per heavy atom. The van der Waals surface area contributed by atoms with Crippen molar-refractivity contribution in [3.8, 4) is 0 Å². The monoisotopic (exact) mass is 184 g/mol. The highest BCUT2D eigenvalue weighted by molar-refractivity contribution is 5.48. The fourth-order valence-electron chi connectivity index (χ4n) is 1.80. The van der Waals surface area contributed by atoms with Crippen molar-refractivity contribution in [3.63, 3.8) is 0 Å². The van der Waals surface area contributed by atoms with Gasteiger partial charge in [0, 0.05) is 0 Å². The van der Waals surface area contributed by atoms with Gasteiger partial charge in [-0.25, -0.2) is 0 Å². The van der Waals surface area contributed by atoms with E-state index in [-0.39, 0.29) is 0 Å². The van der Waals surface area contributed by atoms with Gasteiger partial charge in [-0.05, 0) is 0 Å². The summed E-state index contributed by atoms with van der Waals surface area (Å²) in [6, 6.07) is 0. The predicted molar refractivity (Wildman–Crippen MR) is 43.8 cm³/mol. The third-order valence-electron chi connectivity index (χ3n) is 2.22. The van der Waals surface area contributed by atoms with Crippen molar-refractivity contribution >= 4 is 12.8 Å². The molecule has 2 fully saturated rings. The fourth-order valence-corrected chi connectivity index (χ4v) is 1.80. The van der Waals surface area contributed by atoms with Crippen molar-refractivity contribution in [3.05, 3.63) is 0 Å². The van der Waals surface area contributed by atoms with E-state index in [1.165, 1.54) is 0 Å². The standard InChI is InChI=1S/C7H12N4O2/c12-6-10-2-8-1-9(4-10)5-11(3-8)7-13/h6-7H,1-5H2. The topological polar surface area (TPSA) is 47.1 Å². The third-order valence-corrected chi connectivity index (χ3v) is 2.22. The number of amides is 2. The smallest absolute Gasteiger partial charge is 0.211 e. The van der Waals surface area contributed by atoms with Gasteiger partial charge in [0.2, 0.25) is 12.8 Å². The summed E-state index contributed by atoms with van der Waals surface area (Å²) in [6.45, 7) is 3.30. The van der Waals surface area contributed by atoms with Gasteiger partial charge < -0.3 is 9.80 Å². The van der Waals surface area contributed by atoms with E-state index in [9.17, 15) is 9.59 Å². The van der Waals surface area contributed by atoms with Gasteiger partial charge in [-0.3, -0.25) is 19.4 Å². The zero-order valence-electron chi connectivity index (χ0n) is 7.30. The maximum absolute atomic E-state index is 10.5. The number of carbonyl (C=O) groups excluding carboxylic acids is 2. The summed E-state index contributed by atoms with van der Waals surface area (Å²) in [6.07, 6.45) is 1.69. The zero-order valence-corrected chi connectivity index (χ0v) is 7.30. The van der Waals surface area contributed by atoms with Crippen molar-refractivity contribution < 1.29 is 9.59 Å². The Balaban J connectivity index is 2.00. The molecule has 0 spiro atoms. The molecule has 0 radical (unpaired) electrons. The number of hydrogen-bond acceptors (Lipinski definition) is 4. The van der Waals surface area contributed by atoms with E-state index in [1.807, 2.05) is 9.80 Å². The molecule has 2 aliphatic rings. The maximum Gasteiger partial charge on any atom is 0.211 e. The lowest BCUT2D eigenvalue weighted by atomic mass is 10.4. The second kappa shape index (κ2) is 3.31. The van der Waals surface area contributed by atoms with Crippen LogP contribution in [-0.4, -0.2) is 65.8 Å². The normalized spacial score (nSPS) is 32.9. The zero-order chi connectivity index (χ0) is 9.26. The molecule has 2 saturated heterocycles. The van der Waals surface area contributed by atoms with Gasteiger partial charge in [-0.1, -0.05) is 0 Å². The Hall–Kier alpha value is -1.14. The van der Waals surface area contributed by atoms with E-state index in [2.05, 4.69) is 0 Å². The molecular formula is C7H12N4O2. The highest BCUT2D eigenvalue weighted by Crippen LogP contribution is 2.11. The van der Waals surface area contributed by atoms with Gasteiger partial charge in [0.25, 0.3) is 0 Å². The second-order valence-electron chi connectivity index (χ2n) is 3.44. The first kappa shape index (κ1) is 8.46. The summed E-state index contributed by atoms with van der Waals surface area (Å²) < 4.78 is 0. The molecule has 0 aromatic rings. The molecule has 13 heavy (non-hydrogen) atoms. The molecule has 2 bridgehead atoms. The number of nitrogens with zero attached hydrogens (tertiary/aromatic N) is 4. The molecule has 0 atom stereocenters. The number of rotatable bonds is 2. The molecule has 0 saturated carbocycles. The quantitative estimate of drug-likeness (QED) is 0.481. The van der Waals surface area contributed by atoms with Gasteiger partial charge in [-0.15, -0.1) is 0 Å². The molecule has 6 nitrogen and oxygen atoms in total. The molecule has 0 aromatic heterocycles. The van der Waals surface area contributed by atoms with E-state index in [0.717, 1.165) is 19.5 Å². The molecule has 0 aromatic carbocycles. The maximum atomic E-state index is 10.5. The molecule has 0 unspecified atom stereocenters. The first-order chi connectivity index (χ1) is 6.31. The van der Waals surface area contributed by atoms with E-state index in [0.29, 0.717) is 26.7 Å². The van der Waals surface area contributed by atoms with Crippen molar-refractivity contribution in [1.29, 1.82) is 0 Å². The number of carbonyl (C=O) groups is 2. The largest absolute Gasteiger partial charge is 0.319 e. The molecule has 0 N–H and O–H groups in total. The summed E-state index contributed by atoms with van der Waals surface area (Å²) in [7, 11) is 0. The van der Waals surface area contributed by atoms with E-state index in [4.69, 9.17) is 0 Å². The Kier molecular flexibility index (Phi) is 2.15. The minimum absolute atomic E-state index is 0.615. The second-order valence-corrected chi connectivity index (χ2v) is 3.44. The van der Waals surface area contributed by atoms with Gasteiger partial charge in [0.05, 0.1) is 33.3 Å². The van der Waals surface area contributed by atoms with Crippen LogP contribution in [0.4, 0.5) is 0 Å². The Bertz CT molecular complexity index is 189. The van der Waals surface area contributed by atoms with Crippen LogP contribution in [0.5, 0.6) is 0 Å². The SMILES string of the molecule is O=CN1CN2CN(C=O)CN(C1)C2. The van der Waals surface area contributed by atoms with Gasteiger partial charge in [-0.2, -0.15) is 0 Å². The molecule has 2 rings (SSSR count). The van der Waals surface area contributed by atoms with E-state index >= 15 is 0 Å². The lowest BCUT2D eigenvalue weighted by Gasteiger charge is -2.47. The lowest BCUT2D eigenvalue weighted by molar-refractivity contribution is -0.151. The molecule has 2 aliphatic heterocycles. The summed E-state index contributed by atoms with van der Waals surface area (Å²) >= 11 is 0. The molecule has 2 amide bonds. The third kappa shape index (κ3) is 1.63. The van der Waals surface area contributed by atoms with Crippen molar-refractivity contribution in [2.75, 3.05) is 33.3 Å². The molecule has 2 heterocycles. The van der Waals surface area contributed by atoms with Crippen molar-refractivity contribution in [2.45, 2.75) is 0 Å². The number of fused-ring (bicyclic) bond motifs is 2. The van der Waals surface area contributed by atoms with Gasteiger partial charge in [0.15, 0.2) is 0 Å². The van der Waals surface area contributed by atoms with Crippen LogP contribution in [0.2, 0.25) is 0 Å². The Morgan fingerprint density at radius 3 is 1.38 bits per heavy atom. The van der Waals surface area contributed by atoms with Gasteiger partial charge >= 0.3 is 0 Å². The highest BCUT2D eigenvalue weighted by atomic mass is 16.1. The summed E-state index contributed by atoms with van der Waals surface area (Å²) in [5.41, 5.74) is 0. The van der Waals surface area contributed by atoms with Crippen LogP contribution in [0.1, 0.15) is 0 Å². The van der Waals surface area contributed by atoms with Crippen LogP contribution in [0.15, 0.2) is 0 Å². The first-order valence-electron chi connectivity index (χ1n) is 4.15. The van der Waals surface area contributed by atoms with Crippen LogP contribution in [0, 0.1) is 0 Å². The molecular weight excluding hydrogens is 172 g/mol. The van der Waals surface area contributed by atoms with E-state index < -0.39 is 0 Å². The van der Waals surface area contributed by atoms with Gasteiger partial charge in [0.1, 0.15) is 0 Å². The lowest BCUT2D eigenvalue weighted by Crippen LogP contribution is -2.63. The minimum atomic E-state index is 0.615. The summed E-state index contributed by atoms with van der Waals surface area (Å²) in [5, 5.41) is 0. The van der Waals surface area contributed by atoms with Crippen LogP contribution in [0.25, 0.3) is 0 Å². The fraction of sp³-hybridized carbons (Fsp3) is 0.714. The Morgan fingerprint density at radius 1 is 0.692 bits per heavy atom. The number of hydrogen-bond donors (Lipinski definition) is 0. The predicted octanol–water partition coefficient (Wildman–Crippen LogP) is -1.68. The average molecular weight is 184 g/mol. The van der Waals surface area contributed by atoms with Crippen molar-refractivity contribution in [1.82, 2.24) is 19.6 Å². The molecule has 6 heteroatoms. The van der Waals surface area contributed by atoms with Crippen LogP contribution >= 0.6 is 0 Å². The summed E-state index contributed by atoms with van der Waals surface area (Å²) in [4.78, 5) is 28.5. The molecule has 0 aliphatic carbocycles. The van der Waals surface area contributed by atoms with Crippen LogP contribution < -0.4 is 0 Å². The summed E-state index contributed by atoms with van der Waals surface area (Å²) in [5.74, 6) is 0. The average Bonchev–Trinajstić information content (AvgIpc) is 2.16. The van der Waals surface area contributed by atoms with E-state index in [1.54, 1.807) is 9.80 Å². The Labute approximate surface area is 76.3 Å². The van der Waals surface area contributed by atoms with Crippen molar-refractivity contribution in [2.24, 2.45) is 0 Å². The minimum Gasteiger partial charge on any atom is -0.319 e. The molecule has 72 valence electrons. The van der Waals surface area contributed by atoms with Crippen LogP contribution in [-0.2, 0) is 9.59 Å². The van der Waals surface area contributed by atoms with Crippen LogP contribution in [0.3, 0.4) is 0 Å².